The van der Waals surface area contributed by atoms with Gasteiger partial charge >= 0.3 is 0 Å². The second kappa shape index (κ2) is 30.8. The lowest BCUT2D eigenvalue weighted by molar-refractivity contribution is 0.295. The van der Waals surface area contributed by atoms with Crippen LogP contribution in [0.5, 0.6) is 46.0 Å². The molecule has 7 aromatic rings. The number of aromatic nitrogens is 4. The molecule has 0 unspecified atom stereocenters. The Morgan fingerprint density at radius 3 is 0.538 bits per heavy atom. The van der Waals surface area contributed by atoms with Gasteiger partial charge in [0.1, 0.15) is 46.0 Å². The first kappa shape index (κ1) is 66.0. The Labute approximate surface area is 607 Å². The van der Waals surface area contributed by atoms with Crippen LogP contribution in [0.2, 0.25) is 0 Å². The molecule has 522 valence electrons. The van der Waals surface area contributed by atoms with Crippen molar-refractivity contribution >= 4 is 43.6 Å². The number of rotatable bonds is 32. The highest BCUT2D eigenvalue weighted by Gasteiger charge is 2.31. The molecule has 10 aliphatic rings. The average Bonchev–Trinajstić information content (AvgIpc) is 1.58. The van der Waals surface area contributed by atoms with Crippen LogP contribution in [-0.2, 0) is 0 Å². The minimum absolute atomic E-state index is 0.263. The predicted octanol–water partition coefficient (Wildman–Crippen LogP) is 21.4. The average molecular weight is 1380 g/mol. The van der Waals surface area contributed by atoms with Gasteiger partial charge in [0.2, 0.25) is 0 Å². The van der Waals surface area contributed by atoms with Gasteiger partial charge in [-0.25, -0.2) is 9.97 Å². The highest BCUT2D eigenvalue weighted by Crippen LogP contribution is 2.53. The molecule has 0 amide bonds. The van der Waals surface area contributed by atoms with Crippen molar-refractivity contribution in [3.63, 3.8) is 0 Å². The summed E-state index contributed by atoms with van der Waals surface area (Å²) in [4.78, 5) is 19.8. The van der Waals surface area contributed by atoms with Gasteiger partial charge in [-0.3, -0.25) is 0 Å². The Balaban J connectivity index is 0.947. The number of nitrogens with one attached hydrogen (secondary N) is 2. The molecule has 0 radical (unpaired) electrons. The molecule has 0 saturated carbocycles. The molecular weight excluding hydrogens is 1290 g/mol. The molecule has 0 spiro atoms. The molecule has 8 bridgehead atoms. The Morgan fingerprint density at radius 1 is 0.212 bits per heavy atom. The van der Waals surface area contributed by atoms with Gasteiger partial charge in [0.05, 0.1) is 141 Å². The zero-order valence-corrected chi connectivity index (χ0v) is 58.5. The van der Waals surface area contributed by atoms with E-state index in [0.717, 1.165) is 117 Å². The van der Waals surface area contributed by atoms with E-state index in [0.29, 0.717) is 122 Å². The molecule has 5 heterocycles. The normalized spacial score (nSPS) is 16.9. The van der Waals surface area contributed by atoms with Gasteiger partial charge in [0.25, 0.3) is 0 Å². The van der Waals surface area contributed by atoms with Crippen molar-refractivity contribution in [1.29, 1.82) is 0 Å². The summed E-state index contributed by atoms with van der Waals surface area (Å²) >= 11 is 0. The van der Waals surface area contributed by atoms with Crippen LogP contribution in [-0.4, -0.2) is 72.8 Å². The van der Waals surface area contributed by atoms with Crippen LogP contribution in [0.4, 0.5) is 0 Å². The Hall–Kier alpha value is -11.2. The number of hydrogen-bond donors (Lipinski definition) is 2. The van der Waals surface area contributed by atoms with Crippen molar-refractivity contribution < 1.29 is 37.9 Å². The van der Waals surface area contributed by atoms with Crippen LogP contribution in [0.25, 0.3) is 88.6 Å². The maximum atomic E-state index is 7.11. The topological polar surface area (TPSA) is 131 Å². The first-order valence-electron chi connectivity index (χ1n) is 37.4. The van der Waals surface area contributed by atoms with Crippen molar-refractivity contribution in [2.45, 2.75) is 51.4 Å². The van der Waals surface area contributed by atoms with Gasteiger partial charge in [-0.15, -0.1) is 0 Å². The highest BCUT2D eigenvalue weighted by molar-refractivity contribution is 6.16. The third kappa shape index (κ3) is 14.5. The molecule has 17 rings (SSSR count). The van der Waals surface area contributed by atoms with E-state index in [1.165, 1.54) is 0 Å². The number of H-pyrrole nitrogens is 2. The van der Waals surface area contributed by atoms with E-state index in [4.69, 9.17) is 47.9 Å². The van der Waals surface area contributed by atoms with Gasteiger partial charge in [-0.1, -0.05) is 194 Å². The zero-order chi connectivity index (χ0) is 69.4. The molecule has 12 heteroatoms. The second-order valence-corrected chi connectivity index (χ2v) is 28.1. The summed E-state index contributed by atoms with van der Waals surface area (Å²) in [5.41, 5.74) is 9.05. The van der Waals surface area contributed by atoms with E-state index in [2.05, 4.69) is 277 Å². The lowest BCUT2D eigenvalue weighted by Crippen LogP contribution is -2.05. The maximum Gasteiger partial charge on any atom is 0.129 e. The van der Waals surface area contributed by atoms with E-state index >= 15 is 0 Å². The van der Waals surface area contributed by atoms with Gasteiger partial charge in [0, 0.05) is 0 Å². The van der Waals surface area contributed by atoms with Crippen LogP contribution in [0.15, 0.2) is 267 Å². The quantitative estimate of drug-likeness (QED) is 0.0420. The van der Waals surface area contributed by atoms with E-state index in [9.17, 15) is 0 Å². The molecule has 3 aromatic heterocycles. The lowest BCUT2D eigenvalue weighted by atomic mass is 10.0. The first-order chi connectivity index (χ1) is 51.5. The van der Waals surface area contributed by atoms with E-state index < -0.39 is 0 Å². The first-order valence-corrected chi connectivity index (χ1v) is 37.4. The van der Waals surface area contributed by atoms with Crippen molar-refractivity contribution in [2.75, 3.05) is 52.9 Å². The summed E-state index contributed by atoms with van der Waals surface area (Å²) in [6, 6.07) is 25.2. The fraction of sp³-hybridized carbons (Fsp3) is 0.261. The SMILES string of the molecule is C1=CC(CCOc2ccc(OCCC3C=CC=C3)c3c2-c2cc4[nH]c(cc5nc(cc6[nH]c(cc-3n2)c2c(OCCC3C=CC=C3)ccc(OCCC3C=CC=C3)c62)-c2c(OCCC3C=CC=C3)ccc(OCCC3C=CC=C3)c2-5)c2c(OCCC3C=CC=C3)ccc(OCCC3C=CC=C3)c42)C=C1. The molecule has 104 heavy (non-hydrogen) atoms. The summed E-state index contributed by atoms with van der Waals surface area (Å²) in [5.74, 6) is 7.72. The van der Waals surface area contributed by atoms with E-state index in [1.807, 2.05) is 0 Å². The molecule has 4 aromatic carbocycles. The minimum Gasteiger partial charge on any atom is -0.493 e. The smallest absolute Gasteiger partial charge is 0.129 e. The third-order valence-corrected chi connectivity index (χ3v) is 21.1. The van der Waals surface area contributed by atoms with E-state index in [-0.39, 0.29) is 47.3 Å². The molecule has 8 aliphatic carbocycles. The standard InChI is InChI=1S/C92H86N4O8/c1-2-18-61(17-1)41-49-97-77-33-34-78(98-50-42-62-19-3-4-20-62)86-70-58-72-88-80(100-52-44-64-23-7-8-24-64)37-38-82(102-54-46-66-27-11-12-28-66)90(88)74(95-72)60-76-92-84(104-56-48-68-31-15-16-32-68)40-39-83(103-55-47-67-29-13-14-30-67)91(92)75(96-76)59-73-89-81(101-53-45-65-25-9-10-26-65)36-35-79(99-51-43-63-21-5-6-22-63)87(89)71(94-73)57-69(93-70)85(77)86/h1-40,57-68,93,96H,41-56H2. The van der Waals surface area contributed by atoms with Gasteiger partial charge in [0.15, 0.2) is 0 Å². The number of nitrogens with zero attached hydrogens (tertiary/aromatic N) is 2. The number of allylic oxidation sites excluding steroid dienone is 32. The molecule has 2 aliphatic heterocycles. The van der Waals surface area contributed by atoms with Crippen molar-refractivity contribution in [2.24, 2.45) is 47.3 Å². The number of hydrogen-bond acceptors (Lipinski definition) is 10. The summed E-state index contributed by atoms with van der Waals surface area (Å²) in [5, 5.41) is 3.38. The molecule has 2 N–H and O–H groups in total. The number of fused-ring (bicyclic) bond motifs is 20. The summed E-state index contributed by atoms with van der Waals surface area (Å²) in [7, 11) is 0. The monoisotopic (exact) mass is 1370 g/mol. The largest absolute Gasteiger partial charge is 0.493 e. The maximum absolute atomic E-state index is 7.11. The minimum atomic E-state index is 0.263. The van der Waals surface area contributed by atoms with Crippen molar-refractivity contribution in [1.82, 2.24) is 19.9 Å². The molecule has 0 fully saturated rings. The van der Waals surface area contributed by atoms with Crippen LogP contribution < -0.4 is 37.9 Å². The molecule has 0 atom stereocenters. The van der Waals surface area contributed by atoms with Crippen LogP contribution in [0.3, 0.4) is 0 Å². The fourth-order valence-corrected chi connectivity index (χ4v) is 15.5. The summed E-state index contributed by atoms with van der Waals surface area (Å²) in [6.45, 7) is 3.74. The molecule has 12 nitrogen and oxygen atoms in total. The third-order valence-electron chi connectivity index (χ3n) is 21.1. The van der Waals surface area contributed by atoms with Crippen molar-refractivity contribution in [3.05, 3.63) is 267 Å². The summed E-state index contributed by atoms with van der Waals surface area (Å²) < 4.78 is 56.8. The highest BCUT2D eigenvalue weighted by atomic mass is 16.5. The fourth-order valence-electron chi connectivity index (χ4n) is 15.5. The zero-order valence-electron chi connectivity index (χ0n) is 58.5. The van der Waals surface area contributed by atoms with Crippen molar-refractivity contribution in [3.8, 4) is 91.0 Å². The lowest BCUT2D eigenvalue weighted by Gasteiger charge is -2.16. The predicted molar refractivity (Wildman–Crippen MR) is 420 cm³/mol. The number of benzene rings is 4. The number of aromatic amines is 2. The second-order valence-electron chi connectivity index (χ2n) is 28.1. The van der Waals surface area contributed by atoms with Gasteiger partial charge in [-0.05, 0) is 172 Å². The van der Waals surface area contributed by atoms with E-state index in [1.54, 1.807) is 0 Å². The Bertz CT molecular complexity index is 4420. The van der Waals surface area contributed by atoms with Crippen LogP contribution in [0, 0.1) is 47.3 Å². The van der Waals surface area contributed by atoms with Crippen LogP contribution in [0.1, 0.15) is 51.4 Å². The molecular formula is C92H86N4O8. The van der Waals surface area contributed by atoms with Crippen LogP contribution >= 0.6 is 0 Å². The number of ether oxygens (including phenoxy) is 8. The summed E-state index contributed by atoms with van der Waals surface area (Å²) in [6.07, 6.45) is 75.9. The van der Waals surface area contributed by atoms with Gasteiger partial charge in [-0.2, -0.15) is 0 Å². The Kier molecular flexibility index (Phi) is 19.5. The van der Waals surface area contributed by atoms with Gasteiger partial charge < -0.3 is 47.9 Å². The Morgan fingerprint density at radius 2 is 0.365 bits per heavy atom. The molecule has 0 saturated heterocycles.